The van der Waals surface area contributed by atoms with Crippen LogP contribution in [0.2, 0.25) is 0 Å². The largest absolute Gasteiger partial charge is 0.436 e. The van der Waals surface area contributed by atoms with Crippen molar-refractivity contribution in [3.8, 4) is 12.3 Å². The third kappa shape index (κ3) is 8.74. The van der Waals surface area contributed by atoms with Crippen LogP contribution in [0.15, 0.2) is 0 Å². The first kappa shape index (κ1) is 11.8. The molecule has 0 bridgehead atoms. The Morgan fingerprint density at radius 1 is 1.46 bits per heavy atom. The summed E-state index contributed by atoms with van der Waals surface area (Å²) in [7, 11) is 0. The number of nitrogens with one attached hydrogen (secondary N) is 1. The molecule has 0 aromatic heterocycles. The van der Waals surface area contributed by atoms with Crippen LogP contribution in [0.4, 0.5) is 4.79 Å². The summed E-state index contributed by atoms with van der Waals surface area (Å²) in [6, 6.07) is 0. The molecule has 0 aromatic carbocycles. The average Bonchev–Trinajstić information content (AvgIpc) is 2.14. The van der Waals surface area contributed by atoms with E-state index in [1.54, 1.807) is 0 Å². The molecule has 74 valence electrons. The molecule has 0 fully saturated rings. The van der Waals surface area contributed by atoms with Crippen molar-refractivity contribution >= 4 is 6.09 Å². The van der Waals surface area contributed by atoms with E-state index in [1.165, 1.54) is 12.8 Å². The van der Waals surface area contributed by atoms with Crippen molar-refractivity contribution in [2.45, 2.75) is 32.6 Å². The van der Waals surface area contributed by atoms with Crippen molar-refractivity contribution in [1.82, 2.24) is 5.32 Å². The molecular formula is C10H17NO2. The topological polar surface area (TPSA) is 38.3 Å². The predicted octanol–water partition coefficient (Wildman–Crippen LogP) is 1.93. The van der Waals surface area contributed by atoms with Gasteiger partial charge in [-0.1, -0.05) is 32.1 Å². The number of ether oxygens (including phenoxy) is 1. The predicted molar refractivity (Wildman–Crippen MR) is 52.3 cm³/mol. The minimum absolute atomic E-state index is 0.0425. The zero-order chi connectivity index (χ0) is 9.94. The van der Waals surface area contributed by atoms with Gasteiger partial charge in [-0.2, -0.15) is 0 Å². The van der Waals surface area contributed by atoms with E-state index in [-0.39, 0.29) is 6.61 Å². The third-order valence-electron chi connectivity index (χ3n) is 1.59. The normalized spacial score (nSPS) is 8.92. The van der Waals surface area contributed by atoms with E-state index in [0.29, 0.717) is 6.54 Å². The monoisotopic (exact) mass is 183 g/mol. The van der Waals surface area contributed by atoms with Gasteiger partial charge in [0.15, 0.2) is 6.61 Å². The molecule has 0 atom stereocenters. The highest BCUT2D eigenvalue weighted by atomic mass is 16.5. The molecule has 0 unspecified atom stereocenters. The van der Waals surface area contributed by atoms with Gasteiger partial charge in [-0.3, -0.25) is 0 Å². The highest BCUT2D eigenvalue weighted by molar-refractivity contribution is 5.67. The number of hydrogen-bond donors (Lipinski definition) is 1. The minimum Gasteiger partial charge on any atom is -0.436 e. The fourth-order valence-corrected chi connectivity index (χ4v) is 0.900. The van der Waals surface area contributed by atoms with E-state index in [0.717, 1.165) is 12.8 Å². The maximum atomic E-state index is 10.8. The minimum atomic E-state index is -0.422. The van der Waals surface area contributed by atoms with Crippen molar-refractivity contribution in [1.29, 1.82) is 0 Å². The first-order chi connectivity index (χ1) is 6.31. The maximum absolute atomic E-state index is 10.8. The SMILES string of the molecule is C#CCOC(=O)NCCCCCC. The van der Waals surface area contributed by atoms with E-state index in [4.69, 9.17) is 6.42 Å². The summed E-state index contributed by atoms with van der Waals surface area (Å²) in [5, 5.41) is 2.62. The average molecular weight is 183 g/mol. The second-order valence-corrected chi connectivity index (χ2v) is 2.77. The van der Waals surface area contributed by atoms with Crippen LogP contribution in [0.5, 0.6) is 0 Å². The van der Waals surface area contributed by atoms with Gasteiger partial charge in [-0.05, 0) is 6.42 Å². The fourth-order valence-electron chi connectivity index (χ4n) is 0.900. The van der Waals surface area contributed by atoms with E-state index in [9.17, 15) is 4.79 Å². The van der Waals surface area contributed by atoms with Crippen LogP contribution in [0.25, 0.3) is 0 Å². The number of amides is 1. The highest BCUT2D eigenvalue weighted by Gasteiger charge is 1.97. The van der Waals surface area contributed by atoms with Crippen molar-refractivity contribution < 1.29 is 9.53 Å². The molecule has 3 heteroatoms. The second kappa shape index (κ2) is 8.92. The van der Waals surface area contributed by atoms with Crippen LogP contribution < -0.4 is 5.32 Å². The zero-order valence-electron chi connectivity index (χ0n) is 8.14. The van der Waals surface area contributed by atoms with Gasteiger partial charge in [-0.25, -0.2) is 4.79 Å². The number of hydrogen-bond acceptors (Lipinski definition) is 2. The van der Waals surface area contributed by atoms with Crippen LogP contribution >= 0.6 is 0 Å². The standard InChI is InChI=1S/C10H17NO2/c1-3-5-6-7-8-11-10(12)13-9-4-2/h2H,3,5-9H2,1H3,(H,11,12). The Morgan fingerprint density at radius 2 is 2.23 bits per heavy atom. The van der Waals surface area contributed by atoms with E-state index in [2.05, 4.69) is 22.9 Å². The summed E-state index contributed by atoms with van der Waals surface area (Å²) < 4.78 is 4.61. The summed E-state index contributed by atoms with van der Waals surface area (Å²) in [6.07, 6.45) is 9.04. The first-order valence-electron chi connectivity index (χ1n) is 4.65. The van der Waals surface area contributed by atoms with E-state index >= 15 is 0 Å². The first-order valence-corrected chi connectivity index (χ1v) is 4.65. The van der Waals surface area contributed by atoms with Gasteiger partial charge in [0.05, 0.1) is 0 Å². The van der Waals surface area contributed by atoms with Crippen LogP contribution in [0.1, 0.15) is 32.6 Å². The summed E-state index contributed by atoms with van der Waals surface area (Å²) in [5.74, 6) is 2.23. The van der Waals surface area contributed by atoms with Crippen LogP contribution in [-0.4, -0.2) is 19.2 Å². The number of alkyl carbamates (subject to hydrolysis) is 1. The van der Waals surface area contributed by atoms with Gasteiger partial charge in [-0.15, -0.1) is 6.42 Å². The lowest BCUT2D eigenvalue weighted by molar-refractivity contribution is 0.160. The smallest absolute Gasteiger partial charge is 0.408 e. The second-order valence-electron chi connectivity index (χ2n) is 2.77. The molecule has 13 heavy (non-hydrogen) atoms. The molecule has 0 aliphatic heterocycles. The summed E-state index contributed by atoms with van der Waals surface area (Å²) >= 11 is 0. The third-order valence-corrected chi connectivity index (χ3v) is 1.59. The molecule has 1 N–H and O–H groups in total. The van der Waals surface area contributed by atoms with Gasteiger partial charge in [0.1, 0.15) is 0 Å². The molecule has 1 amide bonds. The molecule has 3 nitrogen and oxygen atoms in total. The molecule has 0 aliphatic rings. The number of unbranched alkanes of at least 4 members (excludes halogenated alkanes) is 3. The quantitative estimate of drug-likeness (QED) is 0.504. The van der Waals surface area contributed by atoms with Gasteiger partial charge in [0, 0.05) is 6.54 Å². The van der Waals surface area contributed by atoms with Crippen molar-refractivity contribution in [2.24, 2.45) is 0 Å². The van der Waals surface area contributed by atoms with Gasteiger partial charge >= 0.3 is 6.09 Å². The maximum Gasteiger partial charge on any atom is 0.408 e. The number of carbonyl (C=O) groups excluding carboxylic acids is 1. The highest BCUT2D eigenvalue weighted by Crippen LogP contribution is 1.96. The Kier molecular flexibility index (Phi) is 8.12. The van der Waals surface area contributed by atoms with Crippen LogP contribution in [0.3, 0.4) is 0 Å². The Labute approximate surface area is 79.8 Å². The lowest BCUT2D eigenvalue weighted by Gasteiger charge is -2.03. The molecule has 0 aromatic rings. The molecule has 0 saturated heterocycles. The summed E-state index contributed by atoms with van der Waals surface area (Å²) in [5.41, 5.74) is 0. The molecule has 0 radical (unpaired) electrons. The molecular weight excluding hydrogens is 166 g/mol. The number of rotatable bonds is 6. The summed E-state index contributed by atoms with van der Waals surface area (Å²) in [4.78, 5) is 10.8. The van der Waals surface area contributed by atoms with Gasteiger partial charge in [0.25, 0.3) is 0 Å². The Hall–Kier alpha value is -1.17. The Bertz CT molecular complexity index is 172. The van der Waals surface area contributed by atoms with Crippen LogP contribution in [0, 0.1) is 12.3 Å². The summed E-state index contributed by atoms with van der Waals surface area (Å²) in [6.45, 7) is 2.86. The molecule has 0 saturated carbocycles. The molecule has 0 rings (SSSR count). The Balaban J connectivity index is 3.13. The fraction of sp³-hybridized carbons (Fsp3) is 0.700. The lowest BCUT2D eigenvalue weighted by Crippen LogP contribution is -2.25. The van der Waals surface area contributed by atoms with Gasteiger partial charge in [0.2, 0.25) is 0 Å². The van der Waals surface area contributed by atoms with Gasteiger partial charge < -0.3 is 10.1 Å². The van der Waals surface area contributed by atoms with Crippen molar-refractivity contribution in [3.05, 3.63) is 0 Å². The molecule has 0 heterocycles. The number of carbonyl (C=O) groups is 1. The van der Waals surface area contributed by atoms with Crippen molar-refractivity contribution in [2.75, 3.05) is 13.2 Å². The van der Waals surface area contributed by atoms with E-state index < -0.39 is 6.09 Å². The van der Waals surface area contributed by atoms with Crippen LogP contribution in [-0.2, 0) is 4.74 Å². The molecule has 0 spiro atoms. The molecule has 0 aliphatic carbocycles. The zero-order valence-corrected chi connectivity index (χ0v) is 8.14. The lowest BCUT2D eigenvalue weighted by atomic mass is 10.2. The Morgan fingerprint density at radius 3 is 2.85 bits per heavy atom. The van der Waals surface area contributed by atoms with E-state index in [1.807, 2.05) is 0 Å². The van der Waals surface area contributed by atoms with Crippen molar-refractivity contribution in [3.63, 3.8) is 0 Å². The number of terminal acetylenes is 1.